The van der Waals surface area contributed by atoms with Crippen LogP contribution in [-0.2, 0) is 22.6 Å². The Labute approximate surface area is 153 Å². The van der Waals surface area contributed by atoms with Crippen molar-refractivity contribution in [3.63, 3.8) is 0 Å². The lowest BCUT2D eigenvalue weighted by Gasteiger charge is -2.22. The lowest BCUT2D eigenvalue weighted by molar-refractivity contribution is -0.185. The standard InChI is InChI=1S/C18H19F3N2O2S/c1-2-23(17(25)18(19,20)21)12-13-5-3-6-14(11-13)22-16(24)9-8-15-7-4-10-26-15/h3-7,10-11H,2,8-9,12H2,1H3,(H,22,24). The molecule has 1 aromatic heterocycles. The number of nitrogens with one attached hydrogen (secondary N) is 1. The predicted octanol–water partition coefficient (Wildman–Crippen LogP) is 4.23. The third-order valence-electron chi connectivity index (χ3n) is 3.67. The van der Waals surface area contributed by atoms with Crippen LogP contribution >= 0.6 is 11.3 Å². The zero-order valence-electron chi connectivity index (χ0n) is 14.2. The molecule has 0 fully saturated rings. The number of anilines is 1. The van der Waals surface area contributed by atoms with E-state index in [1.165, 1.54) is 6.92 Å². The number of alkyl halides is 3. The maximum atomic E-state index is 12.6. The molecule has 0 aliphatic carbocycles. The second-order valence-electron chi connectivity index (χ2n) is 5.65. The number of carbonyl (C=O) groups is 2. The fourth-order valence-corrected chi connectivity index (χ4v) is 3.10. The van der Waals surface area contributed by atoms with Gasteiger partial charge in [-0.1, -0.05) is 18.2 Å². The fraction of sp³-hybridized carbons (Fsp3) is 0.333. The number of halogens is 3. The number of aryl methyl sites for hydroxylation is 1. The summed E-state index contributed by atoms with van der Waals surface area (Å²) >= 11 is 1.58. The minimum atomic E-state index is -4.90. The summed E-state index contributed by atoms with van der Waals surface area (Å²) < 4.78 is 37.8. The molecular formula is C18H19F3N2O2S. The molecule has 2 aromatic rings. The molecule has 2 amide bonds. The molecule has 0 aliphatic rings. The first-order chi connectivity index (χ1) is 12.3. The first-order valence-corrected chi connectivity index (χ1v) is 8.95. The van der Waals surface area contributed by atoms with Crippen molar-refractivity contribution < 1.29 is 22.8 Å². The molecule has 1 heterocycles. The van der Waals surface area contributed by atoms with E-state index in [1.807, 2.05) is 17.5 Å². The molecule has 2 rings (SSSR count). The van der Waals surface area contributed by atoms with Gasteiger partial charge in [-0.15, -0.1) is 11.3 Å². The van der Waals surface area contributed by atoms with Crippen LogP contribution in [0.25, 0.3) is 0 Å². The highest BCUT2D eigenvalue weighted by Crippen LogP contribution is 2.21. The highest BCUT2D eigenvalue weighted by atomic mass is 32.1. The topological polar surface area (TPSA) is 49.4 Å². The average Bonchev–Trinajstić information content (AvgIpc) is 3.10. The van der Waals surface area contributed by atoms with Gasteiger partial charge in [0.05, 0.1) is 0 Å². The van der Waals surface area contributed by atoms with Crippen LogP contribution in [0, 0.1) is 0 Å². The molecule has 0 radical (unpaired) electrons. The third-order valence-corrected chi connectivity index (χ3v) is 4.61. The van der Waals surface area contributed by atoms with Gasteiger partial charge in [0.2, 0.25) is 5.91 Å². The van der Waals surface area contributed by atoms with E-state index in [4.69, 9.17) is 0 Å². The van der Waals surface area contributed by atoms with E-state index in [0.717, 1.165) is 9.78 Å². The molecule has 0 atom stereocenters. The summed E-state index contributed by atoms with van der Waals surface area (Å²) in [5, 5.41) is 4.68. The zero-order chi connectivity index (χ0) is 19.2. The van der Waals surface area contributed by atoms with Crippen LogP contribution in [-0.4, -0.2) is 29.4 Å². The number of carbonyl (C=O) groups excluding carboxylic acids is 2. The van der Waals surface area contributed by atoms with Crippen molar-refractivity contribution in [2.24, 2.45) is 0 Å². The fourth-order valence-electron chi connectivity index (χ4n) is 2.39. The first-order valence-electron chi connectivity index (χ1n) is 8.07. The van der Waals surface area contributed by atoms with Crippen LogP contribution in [0.4, 0.5) is 18.9 Å². The summed E-state index contributed by atoms with van der Waals surface area (Å²) in [4.78, 5) is 25.2. The van der Waals surface area contributed by atoms with Crippen molar-refractivity contribution >= 4 is 28.8 Å². The largest absolute Gasteiger partial charge is 0.471 e. The SMILES string of the molecule is CCN(Cc1cccc(NC(=O)CCc2cccs2)c1)C(=O)C(F)(F)F. The van der Waals surface area contributed by atoms with E-state index in [9.17, 15) is 22.8 Å². The van der Waals surface area contributed by atoms with Gasteiger partial charge in [-0.05, 0) is 42.5 Å². The van der Waals surface area contributed by atoms with Gasteiger partial charge in [0.25, 0.3) is 0 Å². The summed E-state index contributed by atoms with van der Waals surface area (Å²) in [6, 6.07) is 10.4. The van der Waals surface area contributed by atoms with Crippen molar-refractivity contribution in [3.05, 3.63) is 52.2 Å². The zero-order valence-corrected chi connectivity index (χ0v) is 15.0. The quantitative estimate of drug-likeness (QED) is 0.777. The molecule has 0 bridgehead atoms. The molecule has 140 valence electrons. The van der Waals surface area contributed by atoms with Crippen LogP contribution in [0.15, 0.2) is 41.8 Å². The van der Waals surface area contributed by atoms with Gasteiger partial charge in [-0.25, -0.2) is 0 Å². The molecule has 1 aromatic carbocycles. The van der Waals surface area contributed by atoms with E-state index < -0.39 is 12.1 Å². The lowest BCUT2D eigenvalue weighted by Crippen LogP contribution is -2.40. The smallest absolute Gasteiger partial charge is 0.331 e. The molecule has 0 saturated carbocycles. The molecule has 0 spiro atoms. The van der Waals surface area contributed by atoms with Crippen LogP contribution in [0.1, 0.15) is 23.8 Å². The van der Waals surface area contributed by atoms with Crippen molar-refractivity contribution in [1.29, 1.82) is 0 Å². The Hall–Kier alpha value is -2.35. The highest BCUT2D eigenvalue weighted by Gasteiger charge is 2.41. The van der Waals surface area contributed by atoms with Crippen molar-refractivity contribution in [2.75, 3.05) is 11.9 Å². The Morgan fingerprint density at radius 1 is 1.19 bits per heavy atom. The van der Waals surface area contributed by atoms with Crippen LogP contribution in [0.2, 0.25) is 0 Å². The number of nitrogens with zero attached hydrogens (tertiary/aromatic N) is 1. The minimum absolute atomic E-state index is 0.0598. The van der Waals surface area contributed by atoms with E-state index in [-0.39, 0.29) is 19.0 Å². The Morgan fingerprint density at radius 3 is 2.58 bits per heavy atom. The van der Waals surface area contributed by atoms with Crippen molar-refractivity contribution in [1.82, 2.24) is 4.90 Å². The van der Waals surface area contributed by atoms with E-state index in [0.29, 0.717) is 24.1 Å². The third kappa shape index (κ3) is 5.87. The molecule has 26 heavy (non-hydrogen) atoms. The first kappa shape index (κ1) is 20.0. The second-order valence-corrected chi connectivity index (χ2v) is 6.68. The number of rotatable bonds is 7. The lowest BCUT2D eigenvalue weighted by atomic mass is 10.1. The van der Waals surface area contributed by atoms with Gasteiger partial charge in [0.15, 0.2) is 0 Å². The van der Waals surface area contributed by atoms with Crippen LogP contribution in [0.3, 0.4) is 0 Å². The Kier molecular flexibility index (Phi) is 6.79. The summed E-state index contributed by atoms with van der Waals surface area (Å²) in [5.41, 5.74) is 1.01. The van der Waals surface area contributed by atoms with E-state index in [1.54, 1.807) is 35.6 Å². The molecule has 1 N–H and O–H groups in total. The Balaban J connectivity index is 1.96. The summed E-state index contributed by atoms with van der Waals surface area (Å²) in [6.45, 7) is 1.25. The van der Waals surface area contributed by atoms with Gasteiger partial charge in [0, 0.05) is 30.1 Å². The summed E-state index contributed by atoms with van der Waals surface area (Å²) in [5.74, 6) is -2.04. The number of benzene rings is 1. The maximum absolute atomic E-state index is 12.6. The van der Waals surface area contributed by atoms with Crippen molar-refractivity contribution in [2.45, 2.75) is 32.5 Å². The number of thiophene rings is 1. The van der Waals surface area contributed by atoms with Gasteiger partial charge >= 0.3 is 12.1 Å². The molecular weight excluding hydrogens is 365 g/mol. The minimum Gasteiger partial charge on any atom is -0.331 e. The summed E-state index contributed by atoms with van der Waals surface area (Å²) in [6.07, 6.45) is -3.95. The Bertz CT molecular complexity index is 745. The maximum Gasteiger partial charge on any atom is 0.471 e. The average molecular weight is 384 g/mol. The molecule has 0 saturated heterocycles. The Morgan fingerprint density at radius 2 is 1.96 bits per heavy atom. The predicted molar refractivity (Wildman–Crippen MR) is 94.9 cm³/mol. The van der Waals surface area contributed by atoms with Crippen molar-refractivity contribution in [3.8, 4) is 0 Å². The van der Waals surface area contributed by atoms with Gasteiger partial charge in [-0.2, -0.15) is 13.2 Å². The highest BCUT2D eigenvalue weighted by molar-refractivity contribution is 7.09. The second kappa shape index (κ2) is 8.84. The monoisotopic (exact) mass is 384 g/mol. The molecule has 4 nitrogen and oxygen atoms in total. The number of hydrogen-bond donors (Lipinski definition) is 1. The van der Waals surface area contributed by atoms with E-state index >= 15 is 0 Å². The summed E-state index contributed by atoms with van der Waals surface area (Å²) in [7, 11) is 0. The van der Waals surface area contributed by atoms with E-state index in [2.05, 4.69) is 5.32 Å². The number of hydrogen-bond acceptors (Lipinski definition) is 3. The molecule has 0 unspecified atom stereocenters. The van der Waals surface area contributed by atoms with Gasteiger partial charge < -0.3 is 10.2 Å². The molecule has 0 aliphatic heterocycles. The van der Waals surface area contributed by atoms with Crippen LogP contribution < -0.4 is 5.32 Å². The van der Waals surface area contributed by atoms with Gasteiger partial charge in [-0.3, -0.25) is 9.59 Å². The van der Waals surface area contributed by atoms with Gasteiger partial charge in [0.1, 0.15) is 0 Å². The normalized spacial score (nSPS) is 11.2. The number of amides is 2. The molecule has 8 heteroatoms. The van der Waals surface area contributed by atoms with Crippen LogP contribution in [0.5, 0.6) is 0 Å².